The van der Waals surface area contributed by atoms with Crippen LogP contribution in [0, 0.1) is 13.8 Å². The summed E-state index contributed by atoms with van der Waals surface area (Å²) in [6.07, 6.45) is 1.63. The van der Waals surface area contributed by atoms with Gasteiger partial charge in [0.1, 0.15) is 0 Å². The maximum absolute atomic E-state index is 12.4. The van der Waals surface area contributed by atoms with Crippen LogP contribution in [0.3, 0.4) is 0 Å². The molecule has 1 aliphatic rings. The Morgan fingerprint density at radius 1 is 1.12 bits per heavy atom. The van der Waals surface area contributed by atoms with Crippen LogP contribution in [0.25, 0.3) is 11.4 Å². The van der Waals surface area contributed by atoms with E-state index in [-0.39, 0.29) is 5.91 Å². The second-order valence-electron chi connectivity index (χ2n) is 6.96. The molecule has 0 atom stereocenters. The molecule has 0 bridgehead atoms. The minimum atomic E-state index is -0.105. The van der Waals surface area contributed by atoms with Crippen LogP contribution in [0.1, 0.15) is 21.6 Å². The molecule has 26 heavy (non-hydrogen) atoms. The van der Waals surface area contributed by atoms with Crippen molar-refractivity contribution >= 4 is 5.91 Å². The first-order chi connectivity index (χ1) is 12.5. The number of benzene rings is 1. The lowest BCUT2D eigenvalue weighted by atomic mass is 10.1. The topological polar surface area (TPSA) is 61.4 Å². The molecule has 2 heterocycles. The number of hydrogen-bond donors (Lipinski definition) is 1. The predicted octanol–water partition coefficient (Wildman–Crippen LogP) is 1.74. The highest BCUT2D eigenvalue weighted by Gasteiger charge is 2.15. The second kappa shape index (κ2) is 8.38. The normalized spacial score (nSPS) is 15.8. The lowest BCUT2D eigenvalue weighted by Crippen LogP contribution is -2.46. The Morgan fingerprint density at radius 3 is 2.46 bits per heavy atom. The maximum atomic E-state index is 12.4. The highest BCUT2D eigenvalue weighted by molar-refractivity contribution is 5.95. The van der Waals surface area contributed by atoms with Crippen molar-refractivity contribution in [3.8, 4) is 11.4 Å². The van der Waals surface area contributed by atoms with Crippen LogP contribution < -0.4 is 5.32 Å². The van der Waals surface area contributed by atoms with Crippen molar-refractivity contribution in [3.63, 3.8) is 0 Å². The predicted molar refractivity (Wildman–Crippen MR) is 103 cm³/mol. The Hall–Kier alpha value is -2.31. The number of amides is 1. The highest BCUT2D eigenvalue weighted by Crippen LogP contribution is 2.16. The summed E-state index contributed by atoms with van der Waals surface area (Å²) in [4.78, 5) is 26.0. The Kier molecular flexibility index (Phi) is 5.96. The summed E-state index contributed by atoms with van der Waals surface area (Å²) in [6, 6.07) is 8.07. The molecule has 6 nitrogen and oxygen atoms in total. The van der Waals surface area contributed by atoms with Crippen LogP contribution in [0.2, 0.25) is 0 Å². The molecule has 1 aromatic heterocycles. The minimum absolute atomic E-state index is 0.105. The van der Waals surface area contributed by atoms with Crippen molar-refractivity contribution in [2.45, 2.75) is 13.8 Å². The first-order valence-corrected chi connectivity index (χ1v) is 9.13. The van der Waals surface area contributed by atoms with E-state index in [9.17, 15) is 4.79 Å². The zero-order valence-corrected chi connectivity index (χ0v) is 15.8. The summed E-state index contributed by atoms with van der Waals surface area (Å²) in [7, 11) is 2.14. The molecule has 138 valence electrons. The Bertz CT molecular complexity index is 751. The number of piperazine rings is 1. The molecule has 1 aromatic carbocycles. The van der Waals surface area contributed by atoms with E-state index in [0.717, 1.165) is 38.3 Å². The monoisotopic (exact) mass is 353 g/mol. The molecule has 6 heteroatoms. The third-order valence-corrected chi connectivity index (χ3v) is 4.84. The molecule has 1 aliphatic heterocycles. The number of carbonyl (C=O) groups excluding carboxylic acids is 1. The zero-order valence-electron chi connectivity index (χ0n) is 15.8. The first-order valence-electron chi connectivity index (χ1n) is 9.13. The molecule has 0 saturated carbocycles. The second-order valence-corrected chi connectivity index (χ2v) is 6.96. The summed E-state index contributed by atoms with van der Waals surface area (Å²) in [5, 5.41) is 2.99. The Morgan fingerprint density at radius 2 is 1.81 bits per heavy atom. The lowest BCUT2D eigenvalue weighted by molar-refractivity contribution is 0.0939. The standard InChI is InChI=1S/C20H27N5O/c1-15-4-6-17(7-5-15)19-22-14-18(16(2)23-19)20(26)21-8-9-25-12-10-24(3)11-13-25/h4-7,14H,8-13H2,1-3H3,(H,21,26). The molecule has 1 fully saturated rings. The third kappa shape index (κ3) is 4.65. The fraction of sp³-hybridized carbons (Fsp3) is 0.450. The van der Waals surface area contributed by atoms with Gasteiger partial charge in [-0.2, -0.15) is 0 Å². The number of aromatic nitrogens is 2. The fourth-order valence-electron chi connectivity index (χ4n) is 3.03. The van der Waals surface area contributed by atoms with Gasteiger partial charge >= 0.3 is 0 Å². The van der Waals surface area contributed by atoms with E-state index in [1.54, 1.807) is 6.20 Å². The van der Waals surface area contributed by atoms with Gasteiger partial charge in [0.15, 0.2) is 5.82 Å². The largest absolute Gasteiger partial charge is 0.351 e. The molecule has 2 aromatic rings. The average Bonchev–Trinajstić information content (AvgIpc) is 2.64. The van der Waals surface area contributed by atoms with Gasteiger partial charge in [-0.1, -0.05) is 29.8 Å². The molecule has 1 N–H and O–H groups in total. The van der Waals surface area contributed by atoms with E-state index in [1.165, 1.54) is 5.56 Å². The summed E-state index contributed by atoms with van der Waals surface area (Å²) < 4.78 is 0. The van der Waals surface area contributed by atoms with Crippen LogP contribution in [0.5, 0.6) is 0 Å². The Balaban J connectivity index is 1.56. The van der Waals surface area contributed by atoms with Crippen molar-refractivity contribution in [1.29, 1.82) is 0 Å². The minimum Gasteiger partial charge on any atom is -0.351 e. The smallest absolute Gasteiger partial charge is 0.254 e. The van der Waals surface area contributed by atoms with E-state index < -0.39 is 0 Å². The summed E-state index contributed by atoms with van der Waals surface area (Å²) in [6.45, 7) is 9.70. The van der Waals surface area contributed by atoms with Crippen molar-refractivity contribution in [2.75, 3.05) is 46.3 Å². The van der Waals surface area contributed by atoms with Gasteiger partial charge in [0.25, 0.3) is 5.91 Å². The number of likely N-dealkylation sites (N-methyl/N-ethyl adjacent to an activating group) is 1. The lowest BCUT2D eigenvalue weighted by Gasteiger charge is -2.32. The van der Waals surface area contributed by atoms with E-state index in [1.807, 2.05) is 38.1 Å². The number of aryl methyl sites for hydroxylation is 2. The van der Waals surface area contributed by atoms with Gasteiger partial charge in [-0.15, -0.1) is 0 Å². The van der Waals surface area contributed by atoms with E-state index in [2.05, 4.69) is 32.1 Å². The van der Waals surface area contributed by atoms with Crippen molar-refractivity contribution < 1.29 is 4.79 Å². The molecular formula is C20H27N5O. The molecule has 0 spiro atoms. The van der Waals surface area contributed by atoms with Crippen LogP contribution in [0.15, 0.2) is 30.5 Å². The number of rotatable bonds is 5. The van der Waals surface area contributed by atoms with Gasteiger partial charge in [0.2, 0.25) is 0 Å². The molecule has 0 radical (unpaired) electrons. The van der Waals surface area contributed by atoms with Gasteiger partial charge in [-0.3, -0.25) is 9.69 Å². The van der Waals surface area contributed by atoms with Crippen LogP contribution in [-0.2, 0) is 0 Å². The van der Waals surface area contributed by atoms with Crippen molar-refractivity contribution in [3.05, 3.63) is 47.3 Å². The van der Waals surface area contributed by atoms with E-state index in [0.29, 0.717) is 23.6 Å². The number of nitrogens with one attached hydrogen (secondary N) is 1. The SMILES string of the molecule is Cc1ccc(-c2ncc(C(=O)NCCN3CCN(C)CC3)c(C)n2)cc1. The van der Waals surface area contributed by atoms with Gasteiger partial charge < -0.3 is 10.2 Å². The first kappa shape index (κ1) is 18.5. The summed E-state index contributed by atoms with van der Waals surface area (Å²) in [5.74, 6) is 0.545. The van der Waals surface area contributed by atoms with Crippen molar-refractivity contribution in [1.82, 2.24) is 25.1 Å². The van der Waals surface area contributed by atoms with E-state index >= 15 is 0 Å². The number of carbonyl (C=O) groups is 1. The zero-order chi connectivity index (χ0) is 18.5. The molecule has 3 rings (SSSR count). The average molecular weight is 353 g/mol. The van der Waals surface area contributed by atoms with Gasteiger partial charge in [-0.25, -0.2) is 9.97 Å². The van der Waals surface area contributed by atoms with E-state index in [4.69, 9.17) is 0 Å². The van der Waals surface area contributed by atoms with Gasteiger partial charge in [-0.05, 0) is 20.9 Å². The number of hydrogen-bond acceptors (Lipinski definition) is 5. The van der Waals surface area contributed by atoms with Crippen LogP contribution in [0.4, 0.5) is 0 Å². The molecular weight excluding hydrogens is 326 g/mol. The van der Waals surface area contributed by atoms with Crippen molar-refractivity contribution in [2.24, 2.45) is 0 Å². The van der Waals surface area contributed by atoms with Crippen LogP contribution in [-0.4, -0.2) is 72.0 Å². The number of nitrogens with zero attached hydrogens (tertiary/aromatic N) is 4. The molecule has 0 aliphatic carbocycles. The molecule has 0 unspecified atom stereocenters. The Labute approximate surface area is 155 Å². The molecule has 1 saturated heterocycles. The van der Waals surface area contributed by atoms with Gasteiger partial charge in [0.05, 0.1) is 11.3 Å². The maximum Gasteiger partial charge on any atom is 0.254 e. The van der Waals surface area contributed by atoms with Gasteiger partial charge in [0, 0.05) is 51.0 Å². The highest BCUT2D eigenvalue weighted by atomic mass is 16.1. The van der Waals surface area contributed by atoms with Crippen LogP contribution >= 0.6 is 0 Å². The molecule has 1 amide bonds. The summed E-state index contributed by atoms with van der Waals surface area (Å²) >= 11 is 0. The third-order valence-electron chi connectivity index (χ3n) is 4.84. The summed E-state index contributed by atoms with van der Waals surface area (Å²) in [5.41, 5.74) is 3.40. The fourth-order valence-corrected chi connectivity index (χ4v) is 3.03. The quantitative estimate of drug-likeness (QED) is 0.887.